The SMILES string of the molecule is Fc1ccccc1-c1cc(COc2ccccc2C(F)(F)F)c(C2=CCNCC2)cc1COc1ccccc1C(F)(F)F. The highest BCUT2D eigenvalue weighted by atomic mass is 19.4. The lowest BCUT2D eigenvalue weighted by atomic mass is 9.89. The van der Waals surface area contributed by atoms with E-state index >= 15 is 4.39 Å². The maximum atomic E-state index is 15.1. The Morgan fingerprint density at radius 2 is 1.14 bits per heavy atom. The quantitative estimate of drug-likeness (QED) is 0.205. The molecule has 3 nitrogen and oxygen atoms in total. The average Bonchev–Trinajstić information content (AvgIpc) is 2.99. The van der Waals surface area contributed by atoms with Crippen LogP contribution >= 0.6 is 0 Å². The van der Waals surface area contributed by atoms with Crippen molar-refractivity contribution in [2.45, 2.75) is 32.0 Å². The van der Waals surface area contributed by atoms with Gasteiger partial charge in [-0.15, -0.1) is 0 Å². The highest BCUT2D eigenvalue weighted by Crippen LogP contribution is 2.39. The Labute approximate surface area is 243 Å². The molecule has 0 unspecified atom stereocenters. The second-order valence-electron chi connectivity index (χ2n) is 9.90. The molecule has 0 bridgehead atoms. The fourth-order valence-electron chi connectivity index (χ4n) is 4.99. The Morgan fingerprint density at radius 1 is 0.628 bits per heavy atom. The third-order valence-corrected chi connectivity index (χ3v) is 7.05. The van der Waals surface area contributed by atoms with Crippen molar-refractivity contribution >= 4 is 5.57 Å². The van der Waals surface area contributed by atoms with Gasteiger partial charge in [0.15, 0.2) is 0 Å². The van der Waals surface area contributed by atoms with E-state index in [-0.39, 0.29) is 30.3 Å². The molecule has 1 N–H and O–H groups in total. The normalized spacial score (nSPS) is 13.9. The van der Waals surface area contributed by atoms with Gasteiger partial charge in [0.2, 0.25) is 0 Å². The molecule has 1 aliphatic rings. The second kappa shape index (κ2) is 12.5. The second-order valence-corrected chi connectivity index (χ2v) is 9.90. The van der Waals surface area contributed by atoms with Gasteiger partial charge in [0.1, 0.15) is 30.5 Å². The van der Waals surface area contributed by atoms with Gasteiger partial charge in [-0.25, -0.2) is 4.39 Å². The molecule has 0 amide bonds. The van der Waals surface area contributed by atoms with E-state index in [1.807, 2.05) is 6.08 Å². The molecule has 5 rings (SSSR count). The van der Waals surface area contributed by atoms with Gasteiger partial charge in [0, 0.05) is 12.1 Å². The fourth-order valence-corrected chi connectivity index (χ4v) is 4.99. The van der Waals surface area contributed by atoms with Crippen molar-refractivity contribution in [3.8, 4) is 22.6 Å². The number of hydrogen-bond acceptors (Lipinski definition) is 3. The number of rotatable bonds is 8. The van der Waals surface area contributed by atoms with Gasteiger partial charge < -0.3 is 14.8 Å². The van der Waals surface area contributed by atoms with Crippen LogP contribution in [0.4, 0.5) is 30.7 Å². The zero-order valence-corrected chi connectivity index (χ0v) is 22.7. The summed E-state index contributed by atoms with van der Waals surface area (Å²) < 4.78 is 108. The van der Waals surface area contributed by atoms with Crippen LogP contribution in [0, 0.1) is 5.82 Å². The summed E-state index contributed by atoms with van der Waals surface area (Å²) in [6.45, 7) is 0.593. The Bertz CT molecular complexity index is 1630. The van der Waals surface area contributed by atoms with Crippen molar-refractivity contribution in [2.75, 3.05) is 13.1 Å². The zero-order chi connectivity index (χ0) is 30.6. The molecule has 0 atom stereocenters. The van der Waals surface area contributed by atoms with Gasteiger partial charge in [0.05, 0.1) is 11.1 Å². The van der Waals surface area contributed by atoms with Gasteiger partial charge in [0.25, 0.3) is 0 Å². The Kier molecular flexibility index (Phi) is 8.77. The number of halogens is 7. The van der Waals surface area contributed by atoms with E-state index in [0.29, 0.717) is 41.8 Å². The lowest BCUT2D eigenvalue weighted by molar-refractivity contribution is -0.139. The molecule has 0 aromatic heterocycles. The van der Waals surface area contributed by atoms with Crippen LogP contribution in [-0.4, -0.2) is 13.1 Å². The molecular formula is C33H26F7NO2. The number of alkyl halides is 6. The number of nitrogens with one attached hydrogen (secondary N) is 1. The van der Waals surface area contributed by atoms with Gasteiger partial charge >= 0.3 is 12.4 Å². The fraction of sp³-hybridized carbons (Fsp3) is 0.212. The minimum Gasteiger partial charge on any atom is -0.488 e. The third kappa shape index (κ3) is 7.02. The number of ether oxygens (including phenoxy) is 2. The van der Waals surface area contributed by atoms with E-state index in [0.717, 1.165) is 17.7 Å². The lowest BCUT2D eigenvalue weighted by Crippen LogP contribution is -2.20. The predicted octanol–water partition coefficient (Wildman–Crippen LogP) is 9.06. The van der Waals surface area contributed by atoms with Crippen molar-refractivity contribution in [2.24, 2.45) is 0 Å². The first kappa shape index (κ1) is 30.2. The largest absolute Gasteiger partial charge is 0.488 e. The van der Waals surface area contributed by atoms with Crippen LogP contribution in [-0.2, 0) is 25.6 Å². The maximum Gasteiger partial charge on any atom is 0.419 e. The monoisotopic (exact) mass is 601 g/mol. The predicted molar refractivity (Wildman–Crippen MR) is 149 cm³/mol. The molecular weight excluding hydrogens is 575 g/mol. The van der Waals surface area contributed by atoms with E-state index in [9.17, 15) is 26.3 Å². The molecule has 4 aromatic carbocycles. The van der Waals surface area contributed by atoms with Crippen LogP contribution in [0.2, 0.25) is 0 Å². The van der Waals surface area contributed by atoms with Gasteiger partial charge in [-0.2, -0.15) is 26.3 Å². The first-order valence-electron chi connectivity index (χ1n) is 13.4. The summed E-state index contributed by atoms with van der Waals surface area (Å²) in [4.78, 5) is 0. The molecule has 10 heteroatoms. The molecule has 0 fully saturated rings. The standard InChI is InChI=1S/C33H26F7NO2/c34-29-10-4-1-7-24(29)26-18-22(19-42-30-11-5-2-8-27(30)32(35,36)37)25(21-13-15-41-16-14-21)17-23(26)20-43-31-12-6-3-9-28(31)33(38,39)40/h1-13,17-18,41H,14-16,19-20H2. The molecule has 0 spiro atoms. The number of benzene rings is 4. The third-order valence-electron chi connectivity index (χ3n) is 7.05. The van der Waals surface area contributed by atoms with Crippen molar-refractivity contribution in [3.63, 3.8) is 0 Å². The Hall–Kier alpha value is -4.31. The summed E-state index contributed by atoms with van der Waals surface area (Å²) in [5, 5.41) is 3.20. The molecule has 1 heterocycles. The van der Waals surface area contributed by atoms with Gasteiger partial charge in [-0.3, -0.25) is 0 Å². The smallest absolute Gasteiger partial charge is 0.419 e. The van der Waals surface area contributed by atoms with Crippen molar-refractivity contribution < 1.29 is 40.2 Å². The Morgan fingerprint density at radius 3 is 1.67 bits per heavy atom. The summed E-state index contributed by atoms with van der Waals surface area (Å²) in [6.07, 6.45) is -6.77. The maximum absolute atomic E-state index is 15.1. The minimum atomic E-state index is -4.65. The molecule has 0 aliphatic carbocycles. The van der Waals surface area contributed by atoms with Crippen molar-refractivity contribution in [1.29, 1.82) is 0 Å². The highest BCUT2D eigenvalue weighted by Gasteiger charge is 2.35. The van der Waals surface area contributed by atoms with Crippen LogP contribution in [0.3, 0.4) is 0 Å². The van der Waals surface area contributed by atoms with E-state index in [1.165, 1.54) is 54.6 Å². The zero-order valence-electron chi connectivity index (χ0n) is 22.7. The first-order chi connectivity index (χ1) is 20.5. The minimum absolute atomic E-state index is 0.160. The van der Waals surface area contributed by atoms with Crippen LogP contribution in [0.5, 0.6) is 11.5 Å². The van der Waals surface area contributed by atoms with Crippen LogP contribution in [0.25, 0.3) is 16.7 Å². The molecule has 0 saturated heterocycles. The first-order valence-corrected chi connectivity index (χ1v) is 13.4. The van der Waals surface area contributed by atoms with Gasteiger partial charge in [-0.1, -0.05) is 48.5 Å². The summed E-state index contributed by atoms with van der Waals surface area (Å²) in [5.41, 5.74) is 1.000. The molecule has 1 aliphatic heterocycles. The van der Waals surface area contributed by atoms with Gasteiger partial charge in [-0.05, 0) is 83.3 Å². The van der Waals surface area contributed by atoms with Crippen LogP contribution < -0.4 is 14.8 Å². The summed E-state index contributed by atoms with van der Waals surface area (Å²) in [6, 6.07) is 18.9. The van der Waals surface area contributed by atoms with E-state index in [1.54, 1.807) is 18.2 Å². The van der Waals surface area contributed by atoms with E-state index in [4.69, 9.17) is 9.47 Å². The molecule has 4 aromatic rings. The average molecular weight is 602 g/mol. The lowest BCUT2D eigenvalue weighted by Gasteiger charge is -2.22. The van der Waals surface area contributed by atoms with Crippen molar-refractivity contribution in [3.05, 3.63) is 125 Å². The number of para-hydroxylation sites is 2. The molecule has 43 heavy (non-hydrogen) atoms. The van der Waals surface area contributed by atoms with Crippen LogP contribution in [0.15, 0.2) is 91.0 Å². The molecule has 0 saturated carbocycles. The molecule has 224 valence electrons. The number of hydrogen-bond donors (Lipinski definition) is 1. The topological polar surface area (TPSA) is 30.5 Å². The summed E-state index contributed by atoms with van der Waals surface area (Å²) >= 11 is 0. The highest BCUT2D eigenvalue weighted by molar-refractivity contribution is 5.76. The van der Waals surface area contributed by atoms with Crippen molar-refractivity contribution in [1.82, 2.24) is 5.32 Å². The van der Waals surface area contributed by atoms with E-state index in [2.05, 4.69) is 5.32 Å². The van der Waals surface area contributed by atoms with Crippen LogP contribution in [0.1, 0.15) is 34.2 Å². The Balaban J connectivity index is 1.60. The molecule has 0 radical (unpaired) electrons. The summed E-state index contributed by atoms with van der Waals surface area (Å²) in [7, 11) is 0. The van der Waals surface area contributed by atoms with E-state index < -0.39 is 29.3 Å². The summed E-state index contributed by atoms with van der Waals surface area (Å²) in [5.74, 6) is -1.32.